The van der Waals surface area contributed by atoms with Crippen molar-refractivity contribution in [2.24, 2.45) is 0 Å². The molecule has 0 unspecified atom stereocenters. The zero-order valence-corrected chi connectivity index (χ0v) is 5.50. The molecule has 4 N–H and O–H groups in total. The van der Waals surface area contributed by atoms with Crippen molar-refractivity contribution in [3.63, 3.8) is 0 Å². The molecule has 0 aromatic rings. The molecular formula is H4AgNO4P. The first-order valence-electron chi connectivity index (χ1n) is 0.748. The quantitative estimate of drug-likeness (QED) is 0.361. The van der Waals surface area contributed by atoms with Crippen LogP contribution in [0, 0.1) is 0 Å². The van der Waals surface area contributed by atoms with Crippen LogP contribution >= 0.6 is 7.82 Å². The van der Waals surface area contributed by atoms with Crippen LogP contribution in [-0.4, -0.2) is 4.89 Å². The second-order valence-corrected chi connectivity index (χ2v) is 1.41. The predicted octanol–water partition coefficient (Wildman–Crippen LogP) is -2.03. The number of phosphoric acid groups is 1. The predicted molar refractivity (Wildman–Crippen MR) is 14.8 cm³/mol. The van der Waals surface area contributed by atoms with Crippen molar-refractivity contribution in [1.82, 2.24) is 6.15 Å². The van der Waals surface area contributed by atoms with Crippen LogP contribution in [0.3, 0.4) is 0 Å². The Morgan fingerprint density at radius 3 is 1.43 bits per heavy atom. The first-order chi connectivity index (χ1) is 2.00. The van der Waals surface area contributed by atoms with Gasteiger partial charge in [-0.2, -0.15) is 0 Å². The Bertz CT molecular complexity index is 57.8. The topological polar surface area (TPSA) is 118 Å². The van der Waals surface area contributed by atoms with Crippen molar-refractivity contribution in [3.8, 4) is 0 Å². The maximum Gasteiger partial charge on any atom is 2.00 e. The summed E-state index contributed by atoms with van der Waals surface area (Å²) in [5, 5.41) is 0. The van der Waals surface area contributed by atoms with Crippen LogP contribution in [-0.2, 0) is 26.9 Å². The van der Waals surface area contributed by atoms with Crippen molar-refractivity contribution in [2.75, 3.05) is 0 Å². The van der Waals surface area contributed by atoms with E-state index in [4.69, 9.17) is 19.2 Å². The Labute approximate surface area is 56.1 Å². The summed E-state index contributed by atoms with van der Waals surface area (Å²) in [5.74, 6) is 0. The van der Waals surface area contributed by atoms with Gasteiger partial charge in [-0.15, -0.1) is 0 Å². The summed E-state index contributed by atoms with van der Waals surface area (Å²) in [6.07, 6.45) is 0. The molecule has 0 aliphatic rings. The van der Waals surface area contributed by atoms with Crippen LogP contribution in [0.4, 0.5) is 0 Å². The summed E-state index contributed by atoms with van der Waals surface area (Å²) in [4.78, 5) is 24.3. The molecule has 5 nitrogen and oxygen atoms in total. The van der Waals surface area contributed by atoms with E-state index in [1.54, 1.807) is 0 Å². The molecule has 0 aromatic heterocycles. The van der Waals surface area contributed by atoms with E-state index in [0.29, 0.717) is 0 Å². The molecule has 1 radical (unpaired) electrons. The maximum absolute atomic E-state index is 8.66. The van der Waals surface area contributed by atoms with E-state index in [9.17, 15) is 0 Å². The van der Waals surface area contributed by atoms with Gasteiger partial charge in [0.05, 0.1) is 7.82 Å². The summed E-state index contributed by atoms with van der Waals surface area (Å²) in [6.45, 7) is 0. The zero-order chi connectivity index (χ0) is 4.50. The summed E-state index contributed by atoms with van der Waals surface area (Å²) in [5.41, 5.74) is 0. The fourth-order valence-corrected chi connectivity index (χ4v) is 0. The van der Waals surface area contributed by atoms with Crippen LogP contribution in [0.25, 0.3) is 0 Å². The standard InChI is InChI=1S/Ag.H3N.H3O4P/c;;1-5(2,3)4/h;1H3;(H3,1,2,3,4)/q+2;;/p-2. The first kappa shape index (κ1) is 15.7. The monoisotopic (exact) mass is 220 g/mol. The van der Waals surface area contributed by atoms with Gasteiger partial charge >= 0.3 is 22.4 Å². The van der Waals surface area contributed by atoms with Crippen molar-refractivity contribution in [1.29, 1.82) is 0 Å². The number of hydrogen-bond donors (Lipinski definition) is 2. The van der Waals surface area contributed by atoms with E-state index in [-0.39, 0.29) is 28.5 Å². The first-order valence-corrected chi connectivity index (χ1v) is 2.24. The Balaban J connectivity index is -0.0000000800. The molecule has 0 aromatic carbocycles. The van der Waals surface area contributed by atoms with Crippen molar-refractivity contribution >= 4 is 7.82 Å². The fourth-order valence-electron chi connectivity index (χ4n) is 0. The molecule has 0 bridgehead atoms. The molecule has 0 aliphatic carbocycles. The smallest absolute Gasteiger partial charge is 0.790 e. The zero-order valence-electron chi connectivity index (χ0n) is 3.13. The average molecular weight is 221 g/mol. The van der Waals surface area contributed by atoms with Gasteiger partial charge in [0, 0.05) is 0 Å². The van der Waals surface area contributed by atoms with Gasteiger partial charge in [0.25, 0.3) is 0 Å². The van der Waals surface area contributed by atoms with Gasteiger partial charge in [-0.3, -0.25) is 0 Å². The van der Waals surface area contributed by atoms with E-state index < -0.39 is 7.82 Å². The van der Waals surface area contributed by atoms with Gasteiger partial charge in [-0.05, 0) is 0 Å². The molecule has 0 amide bonds. The summed E-state index contributed by atoms with van der Waals surface area (Å²) in [6, 6.07) is 0. The maximum atomic E-state index is 8.66. The molecule has 49 valence electrons. The summed E-state index contributed by atoms with van der Waals surface area (Å²) < 4.78 is 8.66. The molecule has 0 rings (SSSR count). The SMILES string of the molecule is N.O=P([O-])([O-])O.[Ag+2]. The van der Waals surface area contributed by atoms with Crippen molar-refractivity contribution in [2.45, 2.75) is 0 Å². The molecule has 0 saturated carbocycles. The minimum absolute atomic E-state index is 0. The minimum Gasteiger partial charge on any atom is -0.790 e. The Morgan fingerprint density at radius 1 is 1.43 bits per heavy atom. The molecule has 7 heteroatoms. The fraction of sp³-hybridized carbons (Fsp3) is 0. The van der Waals surface area contributed by atoms with E-state index in [2.05, 4.69) is 0 Å². The Morgan fingerprint density at radius 2 is 1.43 bits per heavy atom. The van der Waals surface area contributed by atoms with E-state index in [1.165, 1.54) is 0 Å². The second-order valence-electron chi connectivity index (χ2n) is 0.469. The Hall–Kier alpha value is 0.810. The third kappa shape index (κ3) is 240. The van der Waals surface area contributed by atoms with E-state index in [1.807, 2.05) is 0 Å². The molecule has 0 fully saturated rings. The van der Waals surface area contributed by atoms with Gasteiger partial charge < -0.3 is 25.4 Å². The van der Waals surface area contributed by atoms with E-state index >= 15 is 0 Å². The van der Waals surface area contributed by atoms with Crippen LogP contribution in [0.2, 0.25) is 0 Å². The molecule has 0 aliphatic heterocycles. The van der Waals surface area contributed by atoms with Gasteiger partial charge in [-0.25, -0.2) is 0 Å². The number of hydrogen-bond acceptors (Lipinski definition) is 4. The van der Waals surface area contributed by atoms with Gasteiger partial charge in [-0.1, -0.05) is 0 Å². The molecule has 0 saturated heterocycles. The second kappa shape index (κ2) is 4.96. The van der Waals surface area contributed by atoms with Crippen LogP contribution < -0.4 is 15.9 Å². The van der Waals surface area contributed by atoms with Crippen LogP contribution in [0.5, 0.6) is 0 Å². The third-order valence-electron chi connectivity index (χ3n) is 0. The average Bonchev–Trinajstić information content (AvgIpc) is 0.722. The summed E-state index contributed by atoms with van der Waals surface area (Å²) >= 11 is 0. The largest absolute Gasteiger partial charge is 2.00 e. The number of rotatable bonds is 0. The minimum atomic E-state index is -5.14. The third-order valence-corrected chi connectivity index (χ3v) is 0. The normalized spacial score (nSPS) is 8.43. The van der Waals surface area contributed by atoms with Crippen molar-refractivity contribution < 1.29 is 41.6 Å². The molecule has 0 spiro atoms. The summed E-state index contributed by atoms with van der Waals surface area (Å²) in [7, 11) is -5.14. The van der Waals surface area contributed by atoms with Crippen LogP contribution in [0.1, 0.15) is 0 Å². The molecule has 0 atom stereocenters. The molecule has 0 heterocycles. The molecule has 7 heavy (non-hydrogen) atoms. The van der Waals surface area contributed by atoms with Gasteiger partial charge in [0.1, 0.15) is 0 Å². The van der Waals surface area contributed by atoms with Crippen molar-refractivity contribution in [3.05, 3.63) is 0 Å². The van der Waals surface area contributed by atoms with Gasteiger partial charge in [0.2, 0.25) is 0 Å². The van der Waals surface area contributed by atoms with E-state index in [0.717, 1.165) is 0 Å². The Kier molecular flexibility index (Phi) is 11.1. The van der Waals surface area contributed by atoms with Gasteiger partial charge in [0.15, 0.2) is 0 Å². The molecular weight excluding hydrogens is 217 g/mol. The van der Waals surface area contributed by atoms with Crippen LogP contribution in [0.15, 0.2) is 0 Å².